The Hall–Kier alpha value is -2.74. The number of benzene rings is 1. The Morgan fingerprint density at radius 1 is 1.08 bits per heavy atom. The lowest BCUT2D eigenvalue weighted by molar-refractivity contribution is -0.117. The van der Waals surface area contributed by atoms with E-state index < -0.39 is 11.8 Å². The predicted molar refractivity (Wildman–Crippen MR) is 97.3 cm³/mol. The van der Waals surface area contributed by atoms with Crippen LogP contribution in [-0.2, 0) is 11.8 Å². The summed E-state index contributed by atoms with van der Waals surface area (Å²) < 4.78 is 12.8. The Kier molecular flexibility index (Phi) is 6.24. The van der Waals surface area contributed by atoms with Gasteiger partial charge >= 0.3 is 0 Å². The maximum atomic E-state index is 12.0. The van der Waals surface area contributed by atoms with Crippen LogP contribution in [0.25, 0.3) is 6.08 Å². The lowest BCUT2D eigenvalue weighted by Gasteiger charge is -2.07. The number of ether oxygens (including phenoxy) is 2. The molecule has 0 unspecified atom stereocenters. The van der Waals surface area contributed by atoms with Gasteiger partial charge in [-0.3, -0.25) is 20.4 Å². The molecule has 0 aliphatic heterocycles. The van der Waals surface area contributed by atoms with Crippen LogP contribution in [0.15, 0.2) is 41.0 Å². The summed E-state index contributed by atoms with van der Waals surface area (Å²) in [7, 11) is 4.83. The first-order valence-electron chi connectivity index (χ1n) is 7.26. The molecular formula is C17H18BrN3O4. The highest BCUT2D eigenvalue weighted by molar-refractivity contribution is 9.10. The third kappa shape index (κ3) is 5.12. The molecule has 2 N–H and O–H groups in total. The zero-order valence-electron chi connectivity index (χ0n) is 14.0. The molecule has 7 nitrogen and oxygen atoms in total. The average Bonchev–Trinajstić information content (AvgIpc) is 2.95. The zero-order valence-corrected chi connectivity index (χ0v) is 15.6. The predicted octanol–water partition coefficient (Wildman–Crippen LogP) is 2.28. The summed E-state index contributed by atoms with van der Waals surface area (Å²) >= 11 is 3.29. The van der Waals surface area contributed by atoms with Crippen molar-refractivity contribution in [2.75, 3.05) is 14.2 Å². The first-order chi connectivity index (χ1) is 11.9. The van der Waals surface area contributed by atoms with Crippen LogP contribution in [0.1, 0.15) is 16.1 Å². The average molecular weight is 408 g/mol. The number of aryl methyl sites for hydroxylation is 1. The molecule has 0 fully saturated rings. The van der Waals surface area contributed by atoms with Gasteiger partial charge in [0.05, 0.1) is 14.2 Å². The number of aromatic nitrogens is 1. The van der Waals surface area contributed by atoms with Gasteiger partial charge in [0.1, 0.15) is 17.2 Å². The fourth-order valence-corrected chi connectivity index (χ4v) is 2.60. The SMILES string of the molecule is COc1cc(/C=C/C(=O)NNC(=O)c2cc(Br)cn2C)cc(OC)c1. The van der Waals surface area contributed by atoms with Crippen molar-refractivity contribution in [2.24, 2.45) is 7.05 Å². The number of methoxy groups -OCH3 is 2. The van der Waals surface area contributed by atoms with E-state index >= 15 is 0 Å². The molecule has 1 aromatic carbocycles. The van der Waals surface area contributed by atoms with Crippen molar-refractivity contribution in [1.82, 2.24) is 15.4 Å². The highest BCUT2D eigenvalue weighted by atomic mass is 79.9. The second-order valence-corrected chi connectivity index (χ2v) is 5.99. The summed E-state index contributed by atoms with van der Waals surface area (Å²) in [6, 6.07) is 6.90. The summed E-state index contributed by atoms with van der Waals surface area (Å²) in [5.74, 6) is 0.338. The maximum Gasteiger partial charge on any atom is 0.286 e. The van der Waals surface area contributed by atoms with Gasteiger partial charge in [0.2, 0.25) is 0 Å². The van der Waals surface area contributed by atoms with Crippen LogP contribution in [0.3, 0.4) is 0 Å². The topological polar surface area (TPSA) is 81.6 Å². The molecule has 0 saturated carbocycles. The third-order valence-corrected chi connectivity index (χ3v) is 3.74. The van der Waals surface area contributed by atoms with Crippen molar-refractivity contribution >= 4 is 33.8 Å². The van der Waals surface area contributed by atoms with E-state index in [1.165, 1.54) is 6.08 Å². The van der Waals surface area contributed by atoms with Gasteiger partial charge in [0.25, 0.3) is 11.8 Å². The van der Waals surface area contributed by atoms with Crippen molar-refractivity contribution in [3.8, 4) is 11.5 Å². The van der Waals surface area contributed by atoms with Gasteiger partial charge in [-0.25, -0.2) is 0 Å². The Labute approximate surface area is 153 Å². The molecule has 0 saturated heterocycles. The number of halogens is 1. The van der Waals surface area contributed by atoms with Gasteiger partial charge in [-0.1, -0.05) is 0 Å². The monoisotopic (exact) mass is 407 g/mol. The summed E-state index contributed by atoms with van der Waals surface area (Å²) in [6.45, 7) is 0. The molecule has 0 aliphatic carbocycles. The molecule has 8 heteroatoms. The molecule has 1 heterocycles. The molecule has 2 rings (SSSR count). The number of hydrazine groups is 1. The highest BCUT2D eigenvalue weighted by Gasteiger charge is 2.11. The Bertz CT molecular complexity index is 792. The van der Waals surface area contributed by atoms with E-state index in [0.29, 0.717) is 17.2 Å². The molecule has 132 valence electrons. The molecule has 1 aromatic heterocycles. The lowest BCUT2D eigenvalue weighted by Crippen LogP contribution is -2.41. The normalized spacial score (nSPS) is 10.6. The van der Waals surface area contributed by atoms with Crippen molar-refractivity contribution < 1.29 is 19.1 Å². The standard InChI is InChI=1S/C17H18BrN3O4/c1-21-10-12(18)8-15(21)17(23)20-19-16(22)5-4-11-6-13(24-2)9-14(7-11)25-3/h4-10H,1-3H3,(H,19,22)(H,20,23)/b5-4+. The quantitative estimate of drug-likeness (QED) is 0.588. The number of carbonyl (C=O) groups is 2. The van der Waals surface area contributed by atoms with Crippen LogP contribution in [0.4, 0.5) is 0 Å². The minimum Gasteiger partial charge on any atom is -0.497 e. The van der Waals surface area contributed by atoms with E-state index in [4.69, 9.17) is 9.47 Å². The van der Waals surface area contributed by atoms with E-state index in [1.807, 2.05) is 0 Å². The van der Waals surface area contributed by atoms with E-state index in [9.17, 15) is 9.59 Å². The molecule has 0 radical (unpaired) electrons. The number of nitrogens with one attached hydrogen (secondary N) is 2. The number of carbonyl (C=O) groups excluding carboxylic acids is 2. The second-order valence-electron chi connectivity index (χ2n) is 5.08. The van der Waals surface area contributed by atoms with E-state index in [2.05, 4.69) is 26.8 Å². The fraction of sp³-hybridized carbons (Fsp3) is 0.176. The van der Waals surface area contributed by atoms with Gasteiger partial charge in [0.15, 0.2) is 0 Å². The minimum absolute atomic E-state index is 0.411. The number of hydrogen-bond donors (Lipinski definition) is 2. The second kappa shape index (κ2) is 8.39. The first-order valence-corrected chi connectivity index (χ1v) is 8.05. The van der Waals surface area contributed by atoms with Gasteiger partial charge < -0.3 is 14.0 Å². The van der Waals surface area contributed by atoms with Crippen LogP contribution in [0.2, 0.25) is 0 Å². The molecule has 0 bridgehead atoms. The first kappa shape index (κ1) is 18.6. The molecule has 2 aromatic rings. The zero-order chi connectivity index (χ0) is 18.4. The van der Waals surface area contributed by atoms with E-state index in [-0.39, 0.29) is 0 Å². The lowest BCUT2D eigenvalue weighted by atomic mass is 10.2. The molecule has 2 amide bonds. The van der Waals surface area contributed by atoms with E-state index in [1.54, 1.807) is 62.4 Å². The number of nitrogens with zero attached hydrogens (tertiary/aromatic N) is 1. The van der Waals surface area contributed by atoms with Crippen molar-refractivity contribution in [3.63, 3.8) is 0 Å². The van der Waals surface area contributed by atoms with Crippen molar-refractivity contribution in [1.29, 1.82) is 0 Å². The molecular weight excluding hydrogens is 390 g/mol. The Morgan fingerprint density at radius 3 is 2.24 bits per heavy atom. The number of hydrogen-bond acceptors (Lipinski definition) is 4. The Morgan fingerprint density at radius 2 is 1.72 bits per heavy atom. The number of amides is 2. The van der Waals surface area contributed by atoms with Gasteiger partial charge in [-0.2, -0.15) is 0 Å². The summed E-state index contributed by atoms with van der Waals surface area (Å²) in [6.07, 6.45) is 4.63. The van der Waals surface area contributed by atoms with Crippen LogP contribution in [0, 0.1) is 0 Å². The number of rotatable bonds is 5. The fourth-order valence-electron chi connectivity index (χ4n) is 2.07. The molecule has 0 spiro atoms. The maximum absolute atomic E-state index is 12.0. The highest BCUT2D eigenvalue weighted by Crippen LogP contribution is 2.23. The van der Waals surface area contributed by atoms with Crippen LogP contribution in [-0.4, -0.2) is 30.6 Å². The smallest absolute Gasteiger partial charge is 0.286 e. The largest absolute Gasteiger partial charge is 0.497 e. The summed E-state index contributed by atoms with van der Waals surface area (Å²) in [5, 5.41) is 0. The minimum atomic E-state index is -0.469. The van der Waals surface area contributed by atoms with E-state index in [0.717, 1.165) is 10.0 Å². The third-order valence-electron chi connectivity index (χ3n) is 3.30. The van der Waals surface area contributed by atoms with Crippen LogP contribution < -0.4 is 20.3 Å². The van der Waals surface area contributed by atoms with Gasteiger partial charge in [-0.05, 0) is 45.8 Å². The summed E-state index contributed by atoms with van der Waals surface area (Å²) in [5.41, 5.74) is 5.82. The van der Waals surface area contributed by atoms with Crippen LogP contribution >= 0.6 is 15.9 Å². The van der Waals surface area contributed by atoms with Crippen molar-refractivity contribution in [3.05, 3.63) is 52.3 Å². The van der Waals surface area contributed by atoms with Gasteiger partial charge in [-0.15, -0.1) is 0 Å². The van der Waals surface area contributed by atoms with Gasteiger partial charge in [0, 0.05) is 29.9 Å². The Balaban J connectivity index is 1.97. The molecule has 0 atom stereocenters. The van der Waals surface area contributed by atoms with Crippen molar-refractivity contribution in [2.45, 2.75) is 0 Å². The molecule has 0 aliphatic rings. The summed E-state index contributed by atoms with van der Waals surface area (Å²) in [4.78, 5) is 23.9. The van der Waals surface area contributed by atoms with Crippen LogP contribution in [0.5, 0.6) is 11.5 Å². The molecule has 25 heavy (non-hydrogen) atoms.